The molecule has 0 spiro atoms. The molecule has 0 radical (unpaired) electrons. The van der Waals surface area contributed by atoms with Crippen LogP contribution < -0.4 is 10.2 Å². The van der Waals surface area contributed by atoms with Gasteiger partial charge in [0.05, 0.1) is 5.54 Å². The van der Waals surface area contributed by atoms with Gasteiger partial charge in [-0.1, -0.05) is 41.9 Å². The van der Waals surface area contributed by atoms with E-state index in [9.17, 15) is 4.79 Å². The van der Waals surface area contributed by atoms with E-state index in [-0.39, 0.29) is 11.6 Å². The predicted molar refractivity (Wildman–Crippen MR) is 106 cm³/mol. The number of hydrogen-bond acceptors (Lipinski definition) is 2. The van der Waals surface area contributed by atoms with Crippen molar-refractivity contribution in [1.82, 2.24) is 10.2 Å². The molecule has 2 amide bonds. The van der Waals surface area contributed by atoms with Gasteiger partial charge in [-0.25, -0.2) is 4.79 Å². The van der Waals surface area contributed by atoms with E-state index in [4.69, 9.17) is 11.6 Å². The average molecular weight is 370 g/mol. The fraction of sp³-hybridized carbons (Fsp3) is 0.381. The van der Waals surface area contributed by atoms with Crippen LogP contribution in [0.15, 0.2) is 54.6 Å². The Morgan fingerprint density at radius 2 is 1.81 bits per heavy atom. The number of benzene rings is 2. The first-order chi connectivity index (χ1) is 12.7. The van der Waals surface area contributed by atoms with Crippen LogP contribution in [0.3, 0.4) is 0 Å². The lowest BCUT2D eigenvalue weighted by Crippen LogP contribution is -2.60. The smallest absolute Gasteiger partial charge is 0.315 e. The normalized spacial score (nSPS) is 23.5. The lowest BCUT2D eigenvalue weighted by atomic mass is 9.82. The van der Waals surface area contributed by atoms with E-state index in [2.05, 4.69) is 34.5 Å². The first-order valence-electron chi connectivity index (χ1n) is 9.27. The van der Waals surface area contributed by atoms with Gasteiger partial charge < -0.3 is 10.2 Å². The minimum absolute atomic E-state index is 0.104. The molecule has 2 fully saturated rings. The van der Waals surface area contributed by atoms with Gasteiger partial charge in [-0.2, -0.15) is 0 Å². The number of nitrogens with one attached hydrogen (secondary N) is 1. The Hall–Kier alpha value is -2.04. The van der Waals surface area contributed by atoms with Crippen molar-refractivity contribution in [1.29, 1.82) is 0 Å². The van der Waals surface area contributed by atoms with Gasteiger partial charge in [0.2, 0.25) is 0 Å². The number of piperidine rings is 1. The van der Waals surface area contributed by atoms with E-state index in [0.29, 0.717) is 5.02 Å². The summed E-state index contributed by atoms with van der Waals surface area (Å²) in [4.78, 5) is 17.2. The average Bonchev–Trinajstić information content (AvgIpc) is 3.06. The lowest BCUT2D eigenvalue weighted by molar-refractivity contribution is 0.108. The van der Waals surface area contributed by atoms with E-state index in [1.807, 2.05) is 35.2 Å². The Bertz CT molecular complexity index is 757. The third kappa shape index (κ3) is 3.31. The third-order valence-electron chi connectivity index (χ3n) is 5.55. The molecule has 0 aromatic heterocycles. The van der Waals surface area contributed by atoms with Crippen LogP contribution in [0.1, 0.15) is 18.4 Å². The van der Waals surface area contributed by atoms with E-state index in [0.717, 1.165) is 51.1 Å². The third-order valence-corrected chi connectivity index (χ3v) is 5.80. The number of carbonyl (C=O) groups excluding carboxylic acids is 1. The maximum absolute atomic E-state index is 13.3. The molecular weight excluding hydrogens is 346 g/mol. The number of amides is 2. The summed E-state index contributed by atoms with van der Waals surface area (Å²) in [5.41, 5.74) is 2.05. The molecule has 1 unspecified atom stereocenters. The summed E-state index contributed by atoms with van der Waals surface area (Å²) in [6.07, 6.45) is 3.02. The lowest BCUT2D eigenvalue weighted by Gasteiger charge is -2.45. The van der Waals surface area contributed by atoms with E-state index >= 15 is 0 Å². The minimum atomic E-state index is -0.155. The van der Waals surface area contributed by atoms with Crippen molar-refractivity contribution in [3.63, 3.8) is 0 Å². The number of urea groups is 1. The fourth-order valence-corrected chi connectivity index (χ4v) is 4.37. The predicted octanol–water partition coefficient (Wildman–Crippen LogP) is 3.95. The minimum Gasteiger partial charge on any atom is -0.315 e. The fourth-order valence-electron chi connectivity index (χ4n) is 4.24. The van der Waals surface area contributed by atoms with Crippen LogP contribution in [0.25, 0.3) is 0 Å². The summed E-state index contributed by atoms with van der Waals surface area (Å²) < 4.78 is 0. The number of rotatable bonds is 4. The molecule has 2 heterocycles. The second kappa shape index (κ2) is 7.29. The molecule has 2 aromatic rings. The van der Waals surface area contributed by atoms with Crippen LogP contribution in [0.2, 0.25) is 5.02 Å². The number of anilines is 1. The van der Waals surface area contributed by atoms with Gasteiger partial charge in [-0.3, -0.25) is 4.90 Å². The Balaban J connectivity index is 1.60. The van der Waals surface area contributed by atoms with E-state index in [1.54, 1.807) is 0 Å². The standard InChI is InChI=1S/C21H24ClN3O/c22-18-7-9-19(10-8-18)24-13-14-25(20(24)26)21(11-4-12-23-16-21)15-17-5-2-1-3-6-17/h1-3,5-10,23H,4,11-16H2. The highest BCUT2D eigenvalue weighted by atomic mass is 35.5. The number of hydrogen-bond donors (Lipinski definition) is 1. The van der Waals surface area contributed by atoms with Gasteiger partial charge >= 0.3 is 6.03 Å². The summed E-state index contributed by atoms with van der Waals surface area (Å²) >= 11 is 6.00. The van der Waals surface area contributed by atoms with E-state index in [1.165, 1.54) is 5.56 Å². The van der Waals surface area contributed by atoms with Crippen LogP contribution in [-0.4, -0.2) is 42.6 Å². The zero-order valence-electron chi connectivity index (χ0n) is 14.8. The molecule has 1 atom stereocenters. The van der Waals surface area contributed by atoms with Gasteiger partial charge in [0.1, 0.15) is 0 Å². The second-order valence-corrected chi connectivity index (χ2v) is 7.67. The van der Waals surface area contributed by atoms with Crippen molar-refractivity contribution in [2.45, 2.75) is 24.8 Å². The Morgan fingerprint density at radius 3 is 2.50 bits per heavy atom. The zero-order chi connectivity index (χ0) is 18.0. The highest BCUT2D eigenvalue weighted by molar-refractivity contribution is 6.30. The van der Waals surface area contributed by atoms with Crippen molar-refractivity contribution in [3.05, 3.63) is 65.2 Å². The monoisotopic (exact) mass is 369 g/mol. The first-order valence-corrected chi connectivity index (χ1v) is 9.65. The summed E-state index contributed by atoms with van der Waals surface area (Å²) in [5.74, 6) is 0. The quantitative estimate of drug-likeness (QED) is 0.885. The van der Waals surface area contributed by atoms with Crippen molar-refractivity contribution >= 4 is 23.3 Å². The topological polar surface area (TPSA) is 35.6 Å². The number of carbonyl (C=O) groups is 1. The summed E-state index contributed by atoms with van der Waals surface area (Å²) in [5, 5.41) is 4.21. The highest BCUT2D eigenvalue weighted by Crippen LogP contribution is 2.33. The molecule has 26 heavy (non-hydrogen) atoms. The maximum Gasteiger partial charge on any atom is 0.325 e. The second-order valence-electron chi connectivity index (χ2n) is 7.23. The SMILES string of the molecule is O=C1N(c2ccc(Cl)cc2)CCN1C1(Cc2ccccc2)CCCNC1. The summed E-state index contributed by atoms with van der Waals surface area (Å²) in [7, 11) is 0. The largest absolute Gasteiger partial charge is 0.325 e. The van der Waals surface area contributed by atoms with Crippen LogP contribution in [0, 0.1) is 0 Å². The number of halogens is 1. The maximum atomic E-state index is 13.3. The van der Waals surface area contributed by atoms with E-state index < -0.39 is 0 Å². The Kier molecular flexibility index (Phi) is 4.88. The van der Waals surface area contributed by atoms with Gasteiger partial charge in [0.25, 0.3) is 0 Å². The molecule has 4 rings (SSSR count). The van der Waals surface area contributed by atoms with Gasteiger partial charge in [-0.05, 0) is 55.6 Å². The molecule has 2 aromatic carbocycles. The van der Waals surface area contributed by atoms with Crippen LogP contribution >= 0.6 is 11.6 Å². The molecule has 2 aliphatic heterocycles. The van der Waals surface area contributed by atoms with Gasteiger partial charge in [-0.15, -0.1) is 0 Å². The molecule has 0 aliphatic carbocycles. The first kappa shape index (κ1) is 17.4. The van der Waals surface area contributed by atoms with Gasteiger partial charge in [0, 0.05) is 30.3 Å². The highest BCUT2D eigenvalue weighted by Gasteiger charge is 2.45. The van der Waals surface area contributed by atoms with Crippen molar-refractivity contribution in [3.8, 4) is 0 Å². The summed E-state index contributed by atoms with van der Waals surface area (Å²) in [6.45, 7) is 3.36. The molecule has 4 nitrogen and oxygen atoms in total. The molecule has 2 saturated heterocycles. The van der Waals surface area contributed by atoms with Crippen molar-refractivity contribution in [2.24, 2.45) is 0 Å². The Morgan fingerprint density at radius 1 is 1.04 bits per heavy atom. The van der Waals surface area contributed by atoms with Crippen LogP contribution in [-0.2, 0) is 6.42 Å². The van der Waals surface area contributed by atoms with Crippen LogP contribution in [0.5, 0.6) is 0 Å². The molecular formula is C21H24ClN3O. The summed E-state index contributed by atoms with van der Waals surface area (Å²) in [6, 6.07) is 18.1. The van der Waals surface area contributed by atoms with Crippen molar-refractivity contribution < 1.29 is 4.79 Å². The molecule has 0 saturated carbocycles. The van der Waals surface area contributed by atoms with Crippen LogP contribution in [0.4, 0.5) is 10.5 Å². The van der Waals surface area contributed by atoms with Crippen molar-refractivity contribution in [2.75, 3.05) is 31.1 Å². The zero-order valence-corrected chi connectivity index (χ0v) is 15.6. The molecule has 136 valence electrons. The number of nitrogens with zero attached hydrogens (tertiary/aromatic N) is 2. The molecule has 2 aliphatic rings. The molecule has 1 N–H and O–H groups in total. The Labute approximate surface area is 159 Å². The molecule has 0 bridgehead atoms. The molecule has 5 heteroatoms. The van der Waals surface area contributed by atoms with Gasteiger partial charge in [0.15, 0.2) is 0 Å².